The molecular formula is C8H10BrClO4. The molecule has 0 aromatic carbocycles. The number of hydrogen-bond acceptors (Lipinski definition) is 4. The SMILES string of the molecule is O=C(CCl)O[C@H]1[C@H](O)C=CO[C@@H]1CBr. The Morgan fingerprint density at radius 1 is 1.71 bits per heavy atom. The Hall–Kier alpha value is -0.260. The summed E-state index contributed by atoms with van der Waals surface area (Å²) in [6.07, 6.45) is 0.874. The first-order valence-electron chi connectivity index (χ1n) is 4.00. The zero-order chi connectivity index (χ0) is 10.6. The van der Waals surface area contributed by atoms with Crippen LogP contribution in [-0.2, 0) is 14.3 Å². The van der Waals surface area contributed by atoms with E-state index in [2.05, 4.69) is 15.9 Å². The highest BCUT2D eigenvalue weighted by atomic mass is 79.9. The summed E-state index contributed by atoms with van der Waals surface area (Å²) < 4.78 is 10.1. The lowest BCUT2D eigenvalue weighted by Crippen LogP contribution is -2.44. The van der Waals surface area contributed by atoms with Crippen molar-refractivity contribution in [1.82, 2.24) is 0 Å². The average Bonchev–Trinajstić information content (AvgIpc) is 2.20. The summed E-state index contributed by atoms with van der Waals surface area (Å²) in [7, 11) is 0. The van der Waals surface area contributed by atoms with Crippen LogP contribution in [0.2, 0.25) is 0 Å². The Bertz CT molecular complexity index is 233. The van der Waals surface area contributed by atoms with Gasteiger partial charge in [-0.1, -0.05) is 15.9 Å². The van der Waals surface area contributed by atoms with Crippen LogP contribution in [0.15, 0.2) is 12.3 Å². The molecule has 1 aliphatic rings. The molecular weight excluding hydrogens is 275 g/mol. The number of alkyl halides is 2. The smallest absolute Gasteiger partial charge is 0.321 e. The van der Waals surface area contributed by atoms with Gasteiger partial charge in [0.2, 0.25) is 0 Å². The van der Waals surface area contributed by atoms with Gasteiger partial charge in [0, 0.05) is 5.33 Å². The molecule has 14 heavy (non-hydrogen) atoms. The first kappa shape index (κ1) is 11.8. The molecule has 3 atom stereocenters. The lowest BCUT2D eigenvalue weighted by molar-refractivity contribution is -0.159. The maximum atomic E-state index is 10.9. The zero-order valence-electron chi connectivity index (χ0n) is 7.23. The third kappa shape index (κ3) is 2.87. The fourth-order valence-corrected chi connectivity index (χ4v) is 1.67. The second-order valence-electron chi connectivity index (χ2n) is 2.74. The van der Waals surface area contributed by atoms with Crippen LogP contribution >= 0.6 is 27.5 Å². The molecule has 0 unspecified atom stereocenters. The molecule has 4 nitrogen and oxygen atoms in total. The molecule has 0 saturated carbocycles. The minimum absolute atomic E-state index is 0.234. The third-order valence-electron chi connectivity index (χ3n) is 1.76. The van der Waals surface area contributed by atoms with Crippen molar-refractivity contribution in [2.24, 2.45) is 0 Å². The molecule has 0 amide bonds. The number of halogens is 2. The molecule has 0 bridgehead atoms. The Morgan fingerprint density at radius 3 is 3.00 bits per heavy atom. The lowest BCUT2D eigenvalue weighted by Gasteiger charge is -2.30. The number of rotatable bonds is 3. The second-order valence-corrected chi connectivity index (χ2v) is 3.65. The van der Waals surface area contributed by atoms with E-state index in [-0.39, 0.29) is 12.0 Å². The van der Waals surface area contributed by atoms with Gasteiger partial charge in [0.05, 0.1) is 6.26 Å². The number of carbonyl (C=O) groups excluding carboxylic acids is 1. The molecule has 0 aromatic heterocycles. The number of hydrogen-bond donors (Lipinski definition) is 1. The van der Waals surface area contributed by atoms with E-state index in [9.17, 15) is 9.90 Å². The Kier molecular flexibility index (Phi) is 4.71. The predicted octanol–water partition coefficient (Wildman–Crippen LogP) is 0.805. The van der Waals surface area contributed by atoms with Crippen LogP contribution in [0.4, 0.5) is 0 Å². The summed E-state index contributed by atoms with van der Waals surface area (Å²) in [4.78, 5) is 10.9. The van der Waals surface area contributed by atoms with Gasteiger partial charge in [-0.05, 0) is 6.08 Å². The third-order valence-corrected chi connectivity index (χ3v) is 2.62. The van der Waals surface area contributed by atoms with Crippen LogP contribution in [0.1, 0.15) is 0 Å². The maximum Gasteiger partial charge on any atom is 0.321 e. The standard InChI is InChI=1S/C8H10BrClO4/c9-3-6-8(14-7(12)4-10)5(11)1-2-13-6/h1-2,5-6,8,11H,3-4H2/t5-,6-,8+/m1/s1. The summed E-state index contributed by atoms with van der Waals surface area (Å²) in [5.41, 5.74) is 0. The van der Waals surface area contributed by atoms with Gasteiger partial charge in [-0.2, -0.15) is 0 Å². The Labute approximate surface area is 95.0 Å². The average molecular weight is 286 g/mol. The highest BCUT2D eigenvalue weighted by Crippen LogP contribution is 2.18. The van der Waals surface area contributed by atoms with E-state index in [0.29, 0.717) is 5.33 Å². The topological polar surface area (TPSA) is 55.8 Å². The van der Waals surface area contributed by atoms with E-state index in [4.69, 9.17) is 21.1 Å². The van der Waals surface area contributed by atoms with Gasteiger partial charge < -0.3 is 14.6 Å². The molecule has 0 saturated heterocycles. The van der Waals surface area contributed by atoms with Crippen LogP contribution in [0.25, 0.3) is 0 Å². The van der Waals surface area contributed by atoms with Gasteiger partial charge in [0.25, 0.3) is 0 Å². The van der Waals surface area contributed by atoms with E-state index in [1.165, 1.54) is 12.3 Å². The Morgan fingerprint density at radius 2 is 2.43 bits per heavy atom. The van der Waals surface area contributed by atoms with Crippen LogP contribution in [-0.4, -0.2) is 40.6 Å². The van der Waals surface area contributed by atoms with Crippen molar-refractivity contribution < 1.29 is 19.4 Å². The van der Waals surface area contributed by atoms with Crippen LogP contribution < -0.4 is 0 Å². The number of aliphatic hydroxyl groups excluding tert-OH is 1. The number of aliphatic hydroxyl groups is 1. The lowest BCUT2D eigenvalue weighted by atomic mass is 10.1. The fourth-order valence-electron chi connectivity index (χ4n) is 1.09. The molecule has 1 N–H and O–H groups in total. The first-order valence-corrected chi connectivity index (χ1v) is 5.66. The van der Waals surface area contributed by atoms with E-state index in [0.717, 1.165) is 0 Å². The molecule has 0 aliphatic carbocycles. The van der Waals surface area contributed by atoms with Crippen molar-refractivity contribution in [2.45, 2.75) is 18.3 Å². The zero-order valence-corrected chi connectivity index (χ0v) is 9.57. The number of ether oxygens (including phenoxy) is 2. The maximum absolute atomic E-state index is 10.9. The van der Waals surface area contributed by atoms with Crippen molar-refractivity contribution in [3.8, 4) is 0 Å². The van der Waals surface area contributed by atoms with Crippen molar-refractivity contribution in [3.05, 3.63) is 12.3 Å². The molecule has 0 radical (unpaired) electrons. The minimum Gasteiger partial charge on any atom is -0.493 e. The van der Waals surface area contributed by atoms with E-state index < -0.39 is 18.2 Å². The van der Waals surface area contributed by atoms with E-state index >= 15 is 0 Å². The molecule has 6 heteroatoms. The van der Waals surface area contributed by atoms with Gasteiger partial charge in [0.1, 0.15) is 18.1 Å². The van der Waals surface area contributed by atoms with Crippen molar-refractivity contribution in [3.63, 3.8) is 0 Å². The van der Waals surface area contributed by atoms with Gasteiger partial charge in [0.15, 0.2) is 6.10 Å². The Balaban J connectivity index is 2.61. The normalized spacial score (nSPS) is 30.9. The molecule has 0 spiro atoms. The molecule has 1 rings (SSSR count). The summed E-state index contributed by atoms with van der Waals surface area (Å²) in [6.45, 7) is 0. The van der Waals surface area contributed by atoms with Crippen molar-refractivity contribution >= 4 is 33.5 Å². The molecule has 1 heterocycles. The summed E-state index contributed by atoms with van der Waals surface area (Å²) >= 11 is 8.48. The van der Waals surface area contributed by atoms with E-state index in [1.807, 2.05) is 0 Å². The largest absolute Gasteiger partial charge is 0.493 e. The first-order chi connectivity index (χ1) is 6.69. The summed E-state index contributed by atoms with van der Waals surface area (Å²) in [6, 6.07) is 0. The quantitative estimate of drug-likeness (QED) is 0.616. The van der Waals surface area contributed by atoms with Crippen LogP contribution in [0, 0.1) is 0 Å². The molecule has 80 valence electrons. The molecule has 1 aliphatic heterocycles. The van der Waals surface area contributed by atoms with Gasteiger partial charge in [-0.3, -0.25) is 4.79 Å². The van der Waals surface area contributed by atoms with Gasteiger partial charge in [-0.25, -0.2) is 0 Å². The highest BCUT2D eigenvalue weighted by molar-refractivity contribution is 9.09. The summed E-state index contributed by atoms with van der Waals surface area (Å²) in [5.74, 6) is -0.803. The second kappa shape index (κ2) is 5.58. The monoisotopic (exact) mass is 284 g/mol. The van der Waals surface area contributed by atoms with Crippen molar-refractivity contribution in [1.29, 1.82) is 0 Å². The fraction of sp³-hybridized carbons (Fsp3) is 0.625. The van der Waals surface area contributed by atoms with Gasteiger partial charge >= 0.3 is 5.97 Å². The minimum atomic E-state index is -0.849. The number of esters is 1. The van der Waals surface area contributed by atoms with Crippen LogP contribution in [0.3, 0.4) is 0 Å². The predicted molar refractivity (Wildman–Crippen MR) is 54.4 cm³/mol. The summed E-state index contributed by atoms with van der Waals surface area (Å²) in [5, 5.41) is 9.97. The van der Waals surface area contributed by atoms with E-state index in [1.54, 1.807) is 0 Å². The molecule has 0 fully saturated rings. The molecule has 0 aromatic rings. The van der Waals surface area contributed by atoms with Crippen LogP contribution in [0.5, 0.6) is 0 Å². The number of carbonyl (C=O) groups is 1. The highest BCUT2D eigenvalue weighted by Gasteiger charge is 2.33. The van der Waals surface area contributed by atoms with Gasteiger partial charge in [-0.15, -0.1) is 11.6 Å². The van der Waals surface area contributed by atoms with Crippen molar-refractivity contribution in [2.75, 3.05) is 11.2 Å².